The molecule has 0 saturated heterocycles. The van der Waals surface area contributed by atoms with Crippen LogP contribution in [0.15, 0.2) is 36.1 Å². The molecular formula is C20H32NO3. The molecule has 0 atom stereocenters. The number of hydrogen-bond acceptors (Lipinski definition) is 3. The largest absolute Gasteiger partial charge is 0.291 e. The van der Waals surface area contributed by atoms with Crippen LogP contribution < -0.4 is 0 Å². The van der Waals surface area contributed by atoms with Crippen LogP contribution in [0.4, 0.5) is 0 Å². The first-order chi connectivity index (χ1) is 11.7. The number of nitrogens with zero attached hydrogens (tertiary/aromatic N) is 1. The molecule has 24 heavy (non-hydrogen) atoms. The Hall–Kier alpha value is -1.71. The third kappa shape index (κ3) is 15.2. The molecule has 4 heteroatoms. The van der Waals surface area contributed by atoms with Crippen molar-refractivity contribution < 1.29 is 9.72 Å². The molecule has 0 aliphatic carbocycles. The van der Waals surface area contributed by atoms with E-state index in [0.717, 1.165) is 64.2 Å². The molecule has 0 aliphatic heterocycles. The zero-order chi connectivity index (χ0) is 17.9. The molecule has 0 saturated carbocycles. The van der Waals surface area contributed by atoms with Crippen molar-refractivity contribution in [1.82, 2.24) is 0 Å². The number of allylic oxidation sites excluding steroid dienone is 5. The molecule has 0 N–H and O–H groups in total. The second kappa shape index (κ2) is 17.6. The predicted molar refractivity (Wildman–Crippen MR) is 100 cm³/mol. The van der Waals surface area contributed by atoms with Gasteiger partial charge in [0.2, 0.25) is 5.70 Å². The quantitative estimate of drug-likeness (QED) is 0.149. The standard InChI is InChI=1S/C20H32NO3/c1-2-3-4-14-17-20(21(23)24)18-15-12-10-8-6-5-7-9-11-13-16-19-22/h6,8,12,15,17H,2-5,7,9-11,13-14,16,18H2,1H3/b8-6-,15-12-,20-17+. The van der Waals surface area contributed by atoms with Crippen LogP contribution in [-0.2, 0) is 4.79 Å². The van der Waals surface area contributed by atoms with E-state index in [1.807, 2.05) is 18.4 Å². The van der Waals surface area contributed by atoms with E-state index in [4.69, 9.17) is 0 Å². The van der Waals surface area contributed by atoms with Gasteiger partial charge >= 0.3 is 0 Å². The summed E-state index contributed by atoms with van der Waals surface area (Å²) in [5.74, 6) is 0. The van der Waals surface area contributed by atoms with Gasteiger partial charge in [0.25, 0.3) is 0 Å². The number of hydrogen-bond donors (Lipinski definition) is 0. The lowest BCUT2D eigenvalue weighted by atomic mass is 10.1. The van der Waals surface area contributed by atoms with Gasteiger partial charge in [-0.15, -0.1) is 0 Å². The van der Waals surface area contributed by atoms with Crippen LogP contribution in [0.3, 0.4) is 0 Å². The number of rotatable bonds is 16. The zero-order valence-corrected chi connectivity index (χ0v) is 15.0. The first-order valence-electron chi connectivity index (χ1n) is 9.20. The van der Waals surface area contributed by atoms with E-state index < -0.39 is 0 Å². The Morgan fingerprint density at radius 1 is 0.958 bits per heavy atom. The van der Waals surface area contributed by atoms with Crippen molar-refractivity contribution in [3.05, 3.63) is 46.2 Å². The Balaban J connectivity index is 3.78. The zero-order valence-electron chi connectivity index (χ0n) is 15.0. The maximum Gasteiger partial charge on any atom is 0.246 e. The lowest BCUT2D eigenvalue weighted by Crippen LogP contribution is -1.97. The van der Waals surface area contributed by atoms with Crippen LogP contribution in [0.2, 0.25) is 0 Å². The van der Waals surface area contributed by atoms with Crippen LogP contribution in [0, 0.1) is 10.1 Å². The SMILES string of the molecule is CCCCC/C=C(\C/C=C\C/C=C\CCCCCC[C]=O)[N+](=O)[O-]. The Bertz CT molecular complexity index is 411. The summed E-state index contributed by atoms with van der Waals surface area (Å²) in [5, 5.41) is 11.0. The van der Waals surface area contributed by atoms with E-state index in [2.05, 4.69) is 19.1 Å². The van der Waals surface area contributed by atoms with Crippen LogP contribution >= 0.6 is 0 Å². The molecular weight excluding hydrogens is 302 g/mol. The van der Waals surface area contributed by atoms with Crippen molar-refractivity contribution in [2.24, 2.45) is 0 Å². The summed E-state index contributed by atoms with van der Waals surface area (Å²) in [5.41, 5.74) is 0.305. The van der Waals surface area contributed by atoms with Crippen molar-refractivity contribution in [2.75, 3.05) is 0 Å². The molecule has 0 bridgehead atoms. The van der Waals surface area contributed by atoms with Crippen molar-refractivity contribution >= 4 is 6.29 Å². The third-order valence-corrected chi connectivity index (χ3v) is 3.75. The second-order valence-electron chi connectivity index (χ2n) is 5.93. The number of unbranched alkanes of at least 4 members (excludes halogenated alkanes) is 8. The highest BCUT2D eigenvalue weighted by Gasteiger charge is 2.06. The predicted octanol–water partition coefficient (Wildman–Crippen LogP) is 6.07. The fourth-order valence-corrected chi connectivity index (χ4v) is 2.30. The van der Waals surface area contributed by atoms with Crippen molar-refractivity contribution in [3.8, 4) is 0 Å². The summed E-state index contributed by atoms with van der Waals surface area (Å²) in [7, 11) is 0. The summed E-state index contributed by atoms with van der Waals surface area (Å²) in [6.07, 6.45) is 23.0. The van der Waals surface area contributed by atoms with Gasteiger partial charge in [-0.2, -0.15) is 0 Å². The Morgan fingerprint density at radius 3 is 2.38 bits per heavy atom. The molecule has 4 nitrogen and oxygen atoms in total. The molecule has 0 aromatic heterocycles. The fourth-order valence-electron chi connectivity index (χ4n) is 2.30. The maximum atomic E-state index is 11.0. The molecule has 0 unspecified atom stereocenters. The van der Waals surface area contributed by atoms with Crippen molar-refractivity contribution in [1.29, 1.82) is 0 Å². The monoisotopic (exact) mass is 334 g/mol. The van der Waals surface area contributed by atoms with Gasteiger partial charge in [-0.25, -0.2) is 0 Å². The van der Waals surface area contributed by atoms with Crippen LogP contribution in [-0.4, -0.2) is 11.2 Å². The first kappa shape index (κ1) is 22.3. The minimum absolute atomic E-state index is 0.269. The van der Waals surface area contributed by atoms with E-state index in [9.17, 15) is 14.9 Å². The van der Waals surface area contributed by atoms with Crippen LogP contribution in [0.25, 0.3) is 0 Å². The molecule has 0 fully saturated rings. The molecule has 0 aromatic rings. The summed E-state index contributed by atoms with van der Waals surface area (Å²) >= 11 is 0. The smallest absolute Gasteiger partial charge is 0.246 e. The van der Waals surface area contributed by atoms with E-state index in [-0.39, 0.29) is 4.92 Å². The van der Waals surface area contributed by atoms with Crippen molar-refractivity contribution in [2.45, 2.75) is 84.0 Å². The third-order valence-electron chi connectivity index (χ3n) is 3.75. The maximum absolute atomic E-state index is 11.0. The summed E-state index contributed by atoms with van der Waals surface area (Å²) in [6.45, 7) is 2.13. The van der Waals surface area contributed by atoms with E-state index in [1.54, 1.807) is 6.08 Å². The fraction of sp³-hybridized carbons (Fsp3) is 0.650. The molecule has 0 aliphatic rings. The average Bonchev–Trinajstić information content (AvgIpc) is 2.57. The van der Waals surface area contributed by atoms with Gasteiger partial charge in [0.05, 0.1) is 11.3 Å². The van der Waals surface area contributed by atoms with Crippen LogP contribution in [0.5, 0.6) is 0 Å². The highest BCUT2D eigenvalue weighted by Crippen LogP contribution is 2.09. The topological polar surface area (TPSA) is 60.2 Å². The molecule has 0 spiro atoms. The normalized spacial score (nSPS) is 12.3. The van der Waals surface area contributed by atoms with Gasteiger partial charge in [-0.1, -0.05) is 56.9 Å². The molecule has 0 heterocycles. The summed E-state index contributed by atoms with van der Waals surface area (Å²) < 4.78 is 0. The van der Waals surface area contributed by atoms with Gasteiger partial charge in [-0.3, -0.25) is 14.9 Å². The summed E-state index contributed by atoms with van der Waals surface area (Å²) in [6, 6.07) is 0. The van der Waals surface area contributed by atoms with Gasteiger partial charge in [0.1, 0.15) is 0 Å². The second-order valence-corrected chi connectivity index (χ2v) is 5.93. The summed E-state index contributed by atoms with van der Waals surface area (Å²) in [4.78, 5) is 20.7. The Kier molecular flexibility index (Phi) is 16.4. The number of carbonyl (C=O) groups excluding carboxylic acids is 1. The number of nitro groups is 1. The van der Waals surface area contributed by atoms with Gasteiger partial charge < -0.3 is 0 Å². The lowest BCUT2D eigenvalue weighted by molar-refractivity contribution is -0.427. The van der Waals surface area contributed by atoms with E-state index in [0.29, 0.717) is 18.5 Å². The highest BCUT2D eigenvalue weighted by atomic mass is 16.6. The van der Waals surface area contributed by atoms with E-state index in [1.165, 1.54) is 0 Å². The minimum Gasteiger partial charge on any atom is -0.291 e. The van der Waals surface area contributed by atoms with Gasteiger partial charge in [-0.05, 0) is 44.6 Å². The molecule has 0 aromatic carbocycles. The molecule has 0 rings (SSSR count). The minimum atomic E-state index is -0.269. The molecule has 0 amide bonds. The van der Waals surface area contributed by atoms with E-state index >= 15 is 0 Å². The van der Waals surface area contributed by atoms with Crippen LogP contribution in [0.1, 0.15) is 84.0 Å². The average molecular weight is 334 g/mol. The Morgan fingerprint density at radius 2 is 1.67 bits per heavy atom. The van der Waals surface area contributed by atoms with Crippen molar-refractivity contribution in [3.63, 3.8) is 0 Å². The highest BCUT2D eigenvalue weighted by molar-refractivity contribution is 5.50. The van der Waals surface area contributed by atoms with Gasteiger partial charge in [0, 0.05) is 6.42 Å². The molecule has 135 valence electrons. The first-order valence-corrected chi connectivity index (χ1v) is 9.20. The van der Waals surface area contributed by atoms with Gasteiger partial charge in [0.15, 0.2) is 6.29 Å². The lowest BCUT2D eigenvalue weighted by Gasteiger charge is -1.96. The molecule has 1 radical (unpaired) electrons. The Labute approximate surface area is 146 Å².